The Kier molecular flexibility index (Phi) is 6.42. The van der Waals surface area contributed by atoms with Crippen LogP contribution in [0.5, 0.6) is 0 Å². The van der Waals surface area contributed by atoms with Crippen LogP contribution in [-0.4, -0.2) is 34.5 Å². The number of anilines is 2. The van der Waals surface area contributed by atoms with E-state index in [1.165, 1.54) is 6.21 Å². The number of carbonyl (C=O) groups is 2. The van der Waals surface area contributed by atoms with Crippen LogP contribution in [0, 0.1) is 23.7 Å². The number of fused-ring (bicyclic) bond motifs is 1. The van der Waals surface area contributed by atoms with Crippen molar-refractivity contribution in [1.29, 1.82) is 5.26 Å². The van der Waals surface area contributed by atoms with Crippen LogP contribution >= 0.6 is 0 Å². The molecule has 10 nitrogen and oxygen atoms in total. The van der Waals surface area contributed by atoms with E-state index in [1.807, 2.05) is 25.1 Å². The molecule has 2 amide bonds. The summed E-state index contributed by atoms with van der Waals surface area (Å²) in [4.78, 5) is 37.3. The van der Waals surface area contributed by atoms with Gasteiger partial charge < -0.3 is 22.1 Å². The lowest BCUT2D eigenvalue weighted by atomic mass is 9.99. The zero-order valence-corrected chi connectivity index (χ0v) is 19.1. The number of pyridine rings is 2. The van der Waals surface area contributed by atoms with Gasteiger partial charge in [0, 0.05) is 47.6 Å². The molecule has 0 spiro atoms. The number of nitriles is 1. The molecule has 3 aromatic rings. The molecule has 0 bridgehead atoms. The van der Waals surface area contributed by atoms with Gasteiger partial charge in [0.25, 0.3) is 0 Å². The van der Waals surface area contributed by atoms with Crippen LogP contribution < -0.4 is 22.1 Å². The van der Waals surface area contributed by atoms with Gasteiger partial charge in [-0.25, -0.2) is 4.98 Å². The van der Waals surface area contributed by atoms with Gasteiger partial charge in [0.2, 0.25) is 0 Å². The molecule has 1 aliphatic rings. The SMILES string of the molecule is Cc1ccncc1-c1cc(N)c2cnc(NC(=O)C(=O)NC(C=NCC3(C#N)CC3)=CN)cc2c1. The molecule has 6 N–H and O–H groups in total. The van der Waals surface area contributed by atoms with Crippen LogP contribution in [-0.2, 0) is 9.59 Å². The molecule has 0 unspecified atom stereocenters. The molecule has 1 saturated carbocycles. The number of nitrogens with one attached hydrogen (secondary N) is 2. The number of benzene rings is 1. The predicted molar refractivity (Wildman–Crippen MR) is 134 cm³/mol. The van der Waals surface area contributed by atoms with Crippen molar-refractivity contribution >= 4 is 40.3 Å². The third-order valence-electron chi connectivity index (χ3n) is 5.82. The highest BCUT2D eigenvalue weighted by molar-refractivity contribution is 6.40. The van der Waals surface area contributed by atoms with E-state index in [9.17, 15) is 9.59 Å². The van der Waals surface area contributed by atoms with E-state index in [0.717, 1.165) is 41.1 Å². The van der Waals surface area contributed by atoms with Gasteiger partial charge in [-0.2, -0.15) is 5.26 Å². The van der Waals surface area contributed by atoms with Crippen molar-refractivity contribution in [2.45, 2.75) is 19.8 Å². The highest BCUT2D eigenvalue weighted by Crippen LogP contribution is 2.44. The van der Waals surface area contributed by atoms with E-state index in [4.69, 9.17) is 16.7 Å². The fourth-order valence-electron chi connectivity index (χ4n) is 3.53. The first kappa shape index (κ1) is 23.4. The second-order valence-electron chi connectivity index (χ2n) is 8.44. The molecule has 1 fully saturated rings. The third kappa shape index (κ3) is 5.25. The molecule has 176 valence electrons. The molecule has 0 radical (unpaired) electrons. The zero-order chi connectivity index (χ0) is 25.0. The summed E-state index contributed by atoms with van der Waals surface area (Å²) in [5, 5.41) is 15.4. The van der Waals surface area contributed by atoms with E-state index in [-0.39, 0.29) is 11.5 Å². The molecule has 2 aromatic heterocycles. The van der Waals surface area contributed by atoms with Gasteiger partial charge in [-0.15, -0.1) is 0 Å². The molecule has 10 heteroatoms. The summed E-state index contributed by atoms with van der Waals surface area (Å²) >= 11 is 0. The lowest BCUT2D eigenvalue weighted by molar-refractivity contribution is -0.135. The molecule has 0 atom stereocenters. The maximum Gasteiger partial charge on any atom is 0.315 e. The van der Waals surface area contributed by atoms with E-state index >= 15 is 0 Å². The van der Waals surface area contributed by atoms with Gasteiger partial charge in [-0.1, -0.05) is 0 Å². The van der Waals surface area contributed by atoms with E-state index < -0.39 is 17.2 Å². The summed E-state index contributed by atoms with van der Waals surface area (Å²) in [6.45, 7) is 2.30. The molecule has 0 aliphatic heterocycles. The number of rotatable bonds is 6. The minimum absolute atomic E-state index is 0.148. The molecule has 1 aliphatic carbocycles. The molecule has 0 saturated heterocycles. The molecule has 4 rings (SSSR count). The minimum Gasteiger partial charge on any atom is -0.403 e. The smallest absolute Gasteiger partial charge is 0.315 e. The largest absolute Gasteiger partial charge is 0.403 e. The average Bonchev–Trinajstić information content (AvgIpc) is 3.63. The number of nitrogen functional groups attached to an aromatic ring is 1. The fraction of sp³-hybridized carbons (Fsp3) is 0.200. The lowest BCUT2D eigenvalue weighted by Crippen LogP contribution is -2.35. The van der Waals surface area contributed by atoms with Gasteiger partial charge in [0.1, 0.15) is 5.82 Å². The summed E-state index contributed by atoms with van der Waals surface area (Å²) < 4.78 is 0. The van der Waals surface area contributed by atoms with Crippen molar-refractivity contribution in [1.82, 2.24) is 15.3 Å². The molecular weight excluding hydrogens is 444 g/mol. The van der Waals surface area contributed by atoms with E-state index in [0.29, 0.717) is 17.6 Å². The van der Waals surface area contributed by atoms with Crippen molar-refractivity contribution in [3.63, 3.8) is 0 Å². The highest BCUT2D eigenvalue weighted by Gasteiger charge is 2.42. The van der Waals surface area contributed by atoms with Crippen molar-refractivity contribution in [3.05, 3.63) is 60.3 Å². The third-order valence-corrected chi connectivity index (χ3v) is 5.82. The lowest BCUT2D eigenvalue weighted by Gasteiger charge is -2.11. The number of aliphatic imine (C=N–C) groups is 1. The van der Waals surface area contributed by atoms with Crippen LogP contribution in [0.4, 0.5) is 11.5 Å². The van der Waals surface area contributed by atoms with Crippen LogP contribution in [0.25, 0.3) is 21.9 Å². The number of nitrogens with zero attached hydrogens (tertiary/aromatic N) is 4. The first-order chi connectivity index (χ1) is 16.8. The van der Waals surface area contributed by atoms with Gasteiger partial charge in [0.05, 0.1) is 23.7 Å². The van der Waals surface area contributed by atoms with Crippen molar-refractivity contribution < 1.29 is 9.59 Å². The van der Waals surface area contributed by atoms with Crippen LogP contribution in [0.1, 0.15) is 18.4 Å². The predicted octanol–water partition coefficient (Wildman–Crippen LogP) is 2.42. The van der Waals surface area contributed by atoms with E-state index in [1.54, 1.807) is 24.7 Å². The van der Waals surface area contributed by atoms with Crippen LogP contribution in [0.3, 0.4) is 0 Å². The minimum atomic E-state index is -0.935. The number of allylic oxidation sites excluding steroid dienone is 1. The Labute approximate surface area is 201 Å². The van der Waals surface area contributed by atoms with E-state index in [2.05, 4.69) is 31.7 Å². The van der Waals surface area contributed by atoms with Crippen LogP contribution in [0.15, 0.2) is 59.7 Å². The normalized spacial score (nSPS) is 14.5. The molecule has 2 heterocycles. The molecular formula is C25H24N8O2. The van der Waals surface area contributed by atoms with Gasteiger partial charge in [0.15, 0.2) is 0 Å². The van der Waals surface area contributed by atoms with Gasteiger partial charge >= 0.3 is 11.8 Å². The van der Waals surface area contributed by atoms with Crippen molar-refractivity contribution in [2.24, 2.45) is 16.1 Å². The monoisotopic (exact) mass is 468 g/mol. The van der Waals surface area contributed by atoms with Crippen molar-refractivity contribution in [2.75, 3.05) is 17.6 Å². The summed E-state index contributed by atoms with van der Waals surface area (Å²) in [6, 6.07) is 9.56. The molecule has 35 heavy (non-hydrogen) atoms. The second kappa shape index (κ2) is 9.61. The number of hydrogen-bond acceptors (Lipinski definition) is 8. The Balaban J connectivity index is 1.47. The first-order valence-corrected chi connectivity index (χ1v) is 10.9. The second-order valence-corrected chi connectivity index (χ2v) is 8.44. The standard InChI is InChI=1S/C25H24N8O2/c1-15-2-5-29-11-19(15)16-6-17-8-22(31-12-20(17)21(28)7-16)33-24(35)23(34)32-18(9-26)10-30-14-25(13-27)3-4-25/h2,5-12H,3-4,14,26,28H2,1H3,(H,32,34)(H,31,33,35). The first-order valence-electron chi connectivity index (χ1n) is 10.9. The van der Waals surface area contributed by atoms with Crippen LogP contribution in [0.2, 0.25) is 0 Å². The number of nitrogens with two attached hydrogens (primary N) is 2. The Morgan fingerprint density at radius 1 is 1.26 bits per heavy atom. The number of hydrogen-bond donors (Lipinski definition) is 4. The average molecular weight is 469 g/mol. The zero-order valence-electron chi connectivity index (χ0n) is 19.1. The maximum absolute atomic E-state index is 12.4. The summed E-state index contributed by atoms with van der Waals surface area (Å²) in [7, 11) is 0. The maximum atomic E-state index is 12.4. The van der Waals surface area contributed by atoms with Crippen molar-refractivity contribution in [3.8, 4) is 17.2 Å². The quantitative estimate of drug-likeness (QED) is 0.244. The topological polar surface area (TPSA) is 172 Å². The number of aryl methyl sites for hydroxylation is 1. The Morgan fingerprint density at radius 3 is 2.74 bits per heavy atom. The number of amides is 2. The Morgan fingerprint density at radius 2 is 2.06 bits per heavy atom. The highest BCUT2D eigenvalue weighted by atomic mass is 16.2. The number of aromatic nitrogens is 2. The number of carbonyl (C=O) groups excluding carboxylic acids is 2. The molecule has 1 aromatic carbocycles. The Bertz CT molecular complexity index is 1420. The summed E-state index contributed by atoms with van der Waals surface area (Å²) in [5.41, 5.74) is 14.9. The summed E-state index contributed by atoms with van der Waals surface area (Å²) in [5.74, 6) is -1.67. The van der Waals surface area contributed by atoms with Gasteiger partial charge in [-0.05, 0) is 60.5 Å². The van der Waals surface area contributed by atoms with Gasteiger partial charge in [-0.3, -0.25) is 19.6 Å². The summed E-state index contributed by atoms with van der Waals surface area (Å²) in [6.07, 6.45) is 9.08. The fourth-order valence-corrected chi connectivity index (χ4v) is 3.53. The Hall–Kier alpha value is -4.78.